The van der Waals surface area contributed by atoms with Crippen molar-refractivity contribution in [1.82, 2.24) is 0 Å². The molecule has 4 saturated carbocycles. The fraction of sp³-hybridized carbons (Fsp3) is 0.714. The van der Waals surface area contributed by atoms with Crippen LogP contribution in [0, 0.1) is 23.7 Å². The lowest BCUT2D eigenvalue weighted by molar-refractivity contribution is 0.107. The van der Waals surface area contributed by atoms with Crippen LogP contribution in [0.3, 0.4) is 0 Å². The maximum atomic E-state index is 10.0. The topological polar surface area (TPSA) is 149 Å². The summed E-state index contributed by atoms with van der Waals surface area (Å²) in [7, 11) is 0. The van der Waals surface area contributed by atoms with Gasteiger partial charge < -0.3 is 20.4 Å². The van der Waals surface area contributed by atoms with Crippen LogP contribution in [0.1, 0.15) is 141 Å². The third kappa shape index (κ3) is 21.6. The molecule has 0 saturated heterocycles. The molecule has 4 aliphatic carbocycles. The van der Waals surface area contributed by atoms with Crippen LogP contribution >= 0.6 is 0 Å². The Labute approximate surface area is 321 Å². The molecule has 0 amide bonds. The smallest absolute Gasteiger partial charge is 0.335 e. The van der Waals surface area contributed by atoms with E-state index in [1.807, 2.05) is 36.4 Å². The fourth-order valence-electron chi connectivity index (χ4n) is 8.08. The van der Waals surface area contributed by atoms with Crippen molar-refractivity contribution >= 4 is 23.1 Å². The Kier molecular flexibility index (Phi) is 28.8. The molecule has 2 aromatic carbocycles. The SMILES string of the molecule is CC[C@@H](O)C1CCCC1.CC[C@H](O)C1CCCC1.O=S=O.O=S=O.O[C@@H](Cc1ccccc1)C1CCCC1.O[C@H](Cc1ccccc1)C1CCCC1. The zero-order valence-corrected chi connectivity index (χ0v) is 33.4. The van der Waals surface area contributed by atoms with Gasteiger partial charge in [-0.05, 0) is 112 Å². The highest BCUT2D eigenvalue weighted by Gasteiger charge is 2.24. The van der Waals surface area contributed by atoms with Crippen LogP contribution in [0.25, 0.3) is 0 Å². The minimum Gasteiger partial charge on any atom is -0.393 e. The van der Waals surface area contributed by atoms with Crippen LogP contribution in [0.2, 0.25) is 0 Å². The first kappa shape index (κ1) is 47.9. The second kappa shape index (κ2) is 31.3. The summed E-state index contributed by atoms with van der Waals surface area (Å²) >= 11 is -1.50. The molecular weight excluding hydrogens is 697 g/mol. The summed E-state index contributed by atoms with van der Waals surface area (Å²) in [6.45, 7) is 4.12. The van der Waals surface area contributed by atoms with Crippen molar-refractivity contribution in [2.24, 2.45) is 23.7 Å². The largest absolute Gasteiger partial charge is 0.393 e. The van der Waals surface area contributed by atoms with Crippen LogP contribution in [0.4, 0.5) is 0 Å². The highest BCUT2D eigenvalue weighted by atomic mass is 32.1. The first-order valence-electron chi connectivity index (χ1n) is 19.9. The van der Waals surface area contributed by atoms with E-state index in [4.69, 9.17) is 16.8 Å². The summed E-state index contributed by atoms with van der Waals surface area (Å²) in [6.07, 6.45) is 23.7. The van der Waals surface area contributed by atoms with E-state index in [9.17, 15) is 20.4 Å². The molecule has 0 radical (unpaired) electrons. The van der Waals surface area contributed by atoms with Gasteiger partial charge in [0.2, 0.25) is 0 Å². The van der Waals surface area contributed by atoms with Crippen molar-refractivity contribution in [3.63, 3.8) is 0 Å². The summed E-state index contributed by atoms with van der Waals surface area (Å²) in [4.78, 5) is 0. The standard InChI is InChI=1S/2C13H18O.2C8H16O.2O2S/c2*14-13(12-8-4-5-9-12)10-11-6-2-1-3-7-11;2*1-2-8(9)7-5-3-4-6-7;2*1-3-2/h2*1-3,6-7,12-14H,4-5,8-10H2;2*7-9H,2-6H2,1H3;;/t2*13-;2*8-;;/m1010../s1. The minimum atomic E-state index is -0.750. The molecule has 296 valence electrons. The molecule has 0 heterocycles. The molecule has 0 unspecified atom stereocenters. The van der Waals surface area contributed by atoms with Crippen LogP contribution < -0.4 is 0 Å². The van der Waals surface area contributed by atoms with E-state index in [-0.39, 0.29) is 24.4 Å². The predicted molar refractivity (Wildman–Crippen MR) is 211 cm³/mol. The first-order chi connectivity index (χ1) is 25.2. The number of hydrogen-bond donors (Lipinski definition) is 4. The number of rotatable bonds is 10. The van der Waals surface area contributed by atoms with E-state index < -0.39 is 23.1 Å². The Morgan fingerprint density at radius 3 is 0.865 bits per heavy atom. The molecule has 52 heavy (non-hydrogen) atoms. The Morgan fingerprint density at radius 2 is 0.654 bits per heavy atom. The number of aliphatic hydroxyl groups excluding tert-OH is 4. The Morgan fingerprint density at radius 1 is 0.442 bits per heavy atom. The van der Waals surface area contributed by atoms with E-state index in [0.29, 0.717) is 23.7 Å². The van der Waals surface area contributed by atoms with E-state index in [1.165, 1.54) is 114 Å². The quantitative estimate of drug-likeness (QED) is 0.190. The summed E-state index contributed by atoms with van der Waals surface area (Å²) in [5, 5.41) is 38.7. The van der Waals surface area contributed by atoms with Crippen molar-refractivity contribution < 1.29 is 37.3 Å². The third-order valence-electron chi connectivity index (χ3n) is 11.2. The van der Waals surface area contributed by atoms with Gasteiger partial charge in [0, 0.05) is 0 Å². The van der Waals surface area contributed by atoms with Gasteiger partial charge in [-0.25, -0.2) is 0 Å². The Hall–Kier alpha value is -2.08. The summed E-state index contributed by atoms with van der Waals surface area (Å²) in [5.74, 6) is 2.37. The number of hydrogen-bond acceptors (Lipinski definition) is 8. The van der Waals surface area contributed by atoms with Gasteiger partial charge in [0.05, 0.1) is 24.4 Å². The molecule has 0 aliphatic heterocycles. The Bertz CT molecular complexity index is 1070. The van der Waals surface area contributed by atoms with Crippen molar-refractivity contribution in [1.29, 1.82) is 0 Å². The van der Waals surface area contributed by atoms with E-state index in [2.05, 4.69) is 38.1 Å². The number of aliphatic hydroxyl groups is 4. The van der Waals surface area contributed by atoms with Crippen LogP contribution in [0.15, 0.2) is 60.7 Å². The zero-order chi connectivity index (χ0) is 38.4. The highest BCUT2D eigenvalue weighted by Crippen LogP contribution is 2.31. The molecule has 4 aliphatic rings. The minimum absolute atomic E-state index is 0.00694. The van der Waals surface area contributed by atoms with Crippen LogP contribution in [0.5, 0.6) is 0 Å². The molecule has 8 nitrogen and oxygen atoms in total. The fourth-order valence-corrected chi connectivity index (χ4v) is 8.08. The molecule has 10 heteroatoms. The summed E-state index contributed by atoms with van der Waals surface area (Å²) in [5.41, 5.74) is 2.51. The summed E-state index contributed by atoms with van der Waals surface area (Å²) in [6, 6.07) is 20.6. The van der Waals surface area contributed by atoms with Gasteiger partial charge in [-0.3, -0.25) is 0 Å². The van der Waals surface area contributed by atoms with Crippen molar-refractivity contribution in [3.05, 3.63) is 71.8 Å². The average Bonchev–Trinajstić information content (AvgIpc) is 4.02. The maximum Gasteiger partial charge on any atom is 0.335 e. The van der Waals surface area contributed by atoms with Gasteiger partial charge in [0.15, 0.2) is 0 Å². The maximum absolute atomic E-state index is 10.0. The normalized spacial score (nSPS) is 19.7. The van der Waals surface area contributed by atoms with E-state index in [1.54, 1.807) is 0 Å². The van der Waals surface area contributed by atoms with Crippen molar-refractivity contribution in [3.8, 4) is 0 Å². The van der Waals surface area contributed by atoms with E-state index in [0.717, 1.165) is 25.7 Å². The van der Waals surface area contributed by atoms with Crippen molar-refractivity contribution in [2.45, 2.75) is 167 Å². The molecule has 4 atom stereocenters. The van der Waals surface area contributed by atoms with Gasteiger partial charge in [-0.15, -0.1) is 0 Å². The molecule has 6 rings (SSSR count). The average molecular weight is 765 g/mol. The predicted octanol–water partition coefficient (Wildman–Crippen LogP) is 8.12. The van der Waals surface area contributed by atoms with Gasteiger partial charge in [0.1, 0.15) is 0 Å². The van der Waals surface area contributed by atoms with Crippen LogP contribution in [-0.4, -0.2) is 61.7 Å². The van der Waals surface area contributed by atoms with Gasteiger partial charge in [-0.2, -0.15) is 16.8 Å². The molecule has 0 aromatic heterocycles. The molecule has 4 N–H and O–H groups in total. The second-order valence-corrected chi connectivity index (χ2v) is 15.1. The zero-order valence-electron chi connectivity index (χ0n) is 31.8. The van der Waals surface area contributed by atoms with Gasteiger partial charge >= 0.3 is 23.1 Å². The monoisotopic (exact) mass is 764 g/mol. The lowest BCUT2D eigenvalue weighted by Crippen LogP contribution is -2.20. The molecule has 4 fully saturated rings. The first-order valence-corrected chi connectivity index (χ1v) is 21.2. The van der Waals surface area contributed by atoms with E-state index >= 15 is 0 Å². The molecule has 0 spiro atoms. The lowest BCUT2D eigenvalue weighted by atomic mass is 9.95. The lowest BCUT2D eigenvalue weighted by Gasteiger charge is -2.17. The molecule has 0 bridgehead atoms. The Balaban J connectivity index is 0.000000335. The number of benzene rings is 2. The van der Waals surface area contributed by atoms with Gasteiger partial charge in [-0.1, -0.05) is 126 Å². The van der Waals surface area contributed by atoms with Crippen molar-refractivity contribution in [2.75, 3.05) is 0 Å². The molecular formula is C42H68O8S2. The summed E-state index contributed by atoms with van der Waals surface area (Å²) < 4.78 is 33.2. The second-order valence-electron chi connectivity index (χ2n) is 14.8. The van der Waals surface area contributed by atoms with Gasteiger partial charge in [0.25, 0.3) is 0 Å². The third-order valence-corrected chi connectivity index (χ3v) is 11.2. The highest BCUT2D eigenvalue weighted by molar-refractivity contribution is 7.51. The van der Waals surface area contributed by atoms with Crippen LogP contribution in [-0.2, 0) is 36.0 Å². The molecule has 2 aromatic rings.